The van der Waals surface area contributed by atoms with Gasteiger partial charge in [-0.05, 0) is 85.1 Å². The van der Waals surface area contributed by atoms with Crippen LogP contribution in [0.1, 0.15) is 32.9 Å². The average Bonchev–Trinajstić information content (AvgIpc) is 3.33. The topological polar surface area (TPSA) is 60.9 Å². The summed E-state index contributed by atoms with van der Waals surface area (Å²) in [4.78, 5) is 13.0. The number of aromatic nitrogens is 3. The molecule has 0 aliphatic rings. The van der Waals surface area contributed by atoms with Crippen LogP contribution in [0.25, 0.3) is 17.1 Å². The van der Waals surface area contributed by atoms with Crippen molar-refractivity contribution in [2.75, 3.05) is 5.75 Å². The van der Waals surface area contributed by atoms with Crippen molar-refractivity contribution in [3.05, 3.63) is 81.1 Å². The second kappa shape index (κ2) is 8.85. The van der Waals surface area contributed by atoms with Crippen LogP contribution in [0, 0.1) is 27.7 Å². The highest BCUT2D eigenvalue weighted by atomic mass is 79.9. The smallest absolute Gasteiger partial charge is 0.277 e. The number of Topliss-reactive ketones (excluding diaryl/α,β-unsaturated/α-hetero) is 1. The van der Waals surface area contributed by atoms with Gasteiger partial charge in [0.05, 0.1) is 11.3 Å². The molecule has 0 N–H and O–H groups in total. The van der Waals surface area contributed by atoms with E-state index in [0.29, 0.717) is 16.7 Å². The molecule has 0 atom stereocenters. The maximum atomic E-state index is 13.0. The van der Waals surface area contributed by atoms with Gasteiger partial charge in [-0.3, -0.25) is 4.79 Å². The van der Waals surface area contributed by atoms with Crippen LogP contribution >= 0.6 is 27.7 Å². The van der Waals surface area contributed by atoms with E-state index in [1.165, 1.54) is 22.9 Å². The number of halogens is 1. The summed E-state index contributed by atoms with van der Waals surface area (Å²) in [5.41, 5.74) is 7.05. The monoisotopic (exact) mass is 495 g/mol. The standard InChI is InChI=1S/C24H22BrN3O2S/c1-14-9-10-18(11-15(14)2)28-16(3)12-20(17(28)4)22(29)13-31-24-27-26-23(30-24)19-7-5-6-8-21(19)25/h5-12H,13H2,1-4H3. The van der Waals surface area contributed by atoms with E-state index in [1.54, 1.807) is 0 Å². The lowest BCUT2D eigenvalue weighted by Gasteiger charge is -2.12. The summed E-state index contributed by atoms with van der Waals surface area (Å²) in [5.74, 6) is 0.693. The van der Waals surface area contributed by atoms with Gasteiger partial charge in [0, 0.05) is 27.1 Å². The van der Waals surface area contributed by atoms with Crippen LogP contribution in [0.4, 0.5) is 0 Å². The van der Waals surface area contributed by atoms with Crippen LogP contribution in [0.3, 0.4) is 0 Å². The SMILES string of the molecule is Cc1ccc(-n2c(C)cc(C(=O)CSc3nnc(-c4ccccc4Br)o3)c2C)cc1C. The summed E-state index contributed by atoms with van der Waals surface area (Å²) in [6.45, 7) is 8.20. The molecule has 2 aromatic carbocycles. The highest BCUT2D eigenvalue weighted by molar-refractivity contribution is 9.10. The second-order valence-corrected chi connectivity index (χ2v) is 9.23. The second-order valence-electron chi connectivity index (χ2n) is 7.45. The van der Waals surface area contributed by atoms with Gasteiger partial charge in [-0.1, -0.05) is 30.0 Å². The molecule has 4 aromatic rings. The number of hydrogen-bond donors (Lipinski definition) is 0. The van der Waals surface area contributed by atoms with E-state index in [9.17, 15) is 4.79 Å². The normalized spacial score (nSPS) is 11.1. The van der Waals surface area contributed by atoms with E-state index in [0.717, 1.165) is 27.1 Å². The Hall–Kier alpha value is -2.64. The van der Waals surface area contributed by atoms with Crippen molar-refractivity contribution in [3.8, 4) is 17.1 Å². The molecule has 0 spiro atoms. The zero-order valence-electron chi connectivity index (χ0n) is 17.8. The molecule has 0 amide bonds. The first kappa shape index (κ1) is 21.6. The molecule has 158 valence electrons. The maximum absolute atomic E-state index is 13.0. The number of rotatable bonds is 6. The Kier molecular flexibility index (Phi) is 6.16. The molecule has 0 unspecified atom stereocenters. The average molecular weight is 496 g/mol. The van der Waals surface area contributed by atoms with Crippen molar-refractivity contribution in [3.63, 3.8) is 0 Å². The van der Waals surface area contributed by atoms with E-state index in [-0.39, 0.29) is 11.5 Å². The van der Waals surface area contributed by atoms with Gasteiger partial charge < -0.3 is 8.98 Å². The lowest BCUT2D eigenvalue weighted by Crippen LogP contribution is -2.06. The first-order valence-electron chi connectivity index (χ1n) is 9.86. The Balaban J connectivity index is 1.51. The van der Waals surface area contributed by atoms with Crippen LogP contribution in [0.2, 0.25) is 0 Å². The number of ketones is 1. The molecule has 0 aliphatic carbocycles. The minimum atomic E-state index is 0.0359. The molecule has 0 saturated heterocycles. The van der Waals surface area contributed by atoms with Crippen molar-refractivity contribution >= 4 is 33.5 Å². The van der Waals surface area contributed by atoms with Crippen LogP contribution in [-0.2, 0) is 0 Å². The molecule has 0 bridgehead atoms. The van der Waals surface area contributed by atoms with Crippen LogP contribution < -0.4 is 0 Å². The minimum absolute atomic E-state index is 0.0359. The van der Waals surface area contributed by atoms with E-state index >= 15 is 0 Å². The van der Waals surface area contributed by atoms with Crippen molar-refractivity contribution in [2.45, 2.75) is 32.9 Å². The third-order valence-corrected chi connectivity index (χ3v) is 6.83. The van der Waals surface area contributed by atoms with Crippen LogP contribution in [0.5, 0.6) is 0 Å². The highest BCUT2D eigenvalue weighted by Crippen LogP contribution is 2.30. The third-order valence-electron chi connectivity index (χ3n) is 5.32. The lowest BCUT2D eigenvalue weighted by atomic mass is 10.1. The van der Waals surface area contributed by atoms with E-state index < -0.39 is 0 Å². The number of aryl methyl sites for hydroxylation is 3. The number of thioether (sulfide) groups is 1. The Morgan fingerprint density at radius 3 is 2.55 bits per heavy atom. The molecule has 2 heterocycles. The minimum Gasteiger partial charge on any atom is -0.411 e. The summed E-state index contributed by atoms with van der Waals surface area (Å²) in [6.07, 6.45) is 0. The molecule has 0 fully saturated rings. The van der Waals surface area contributed by atoms with Gasteiger partial charge in [0.1, 0.15) is 0 Å². The van der Waals surface area contributed by atoms with E-state index in [1.807, 2.05) is 44.2 Å². The van der Waals surface area contributed by atoms with Gasteiger partial charge in [-0.15, -0.1) is 10.2 Å². The zero-order valence-corrected chi connectivity index (χ0v) is 20.2. The maximum Gasteiger partial charge on any atom is 0.277 e. The molecule has 5 nitrogen and oxygen atoms in total. The van der Waals surface area contributed by atoms with Gasteiger partial charge >= 0.3 is 0 Å². The Morgan fingerprint density at radius 2 is 1.81 bits per heavy atom. The van der Waals surface area contributed by atoms with E-state index in [2.05, 4.69) is 62.7 Å². The predicted octanol–water partition coefficient (Wildman–Crippen LogP) is 6.50. The molecule has 0 aliphatic heterocycles. The van der Waals surface area contributed by atoms with Gasteiger partial charge in [0.25, 0.3) is 5.22 Å². The lowest BCUT2D eigenvalue weighted by molar-refractivity contribution is 0.102. The molecule has 7 heteroatoms. The quantitative estimate of drug-likeness (QED) is 0.225. The third kappa shape index (κ3) is 4.38. The number of carbonyl (C=O) groups excluding carboxylic acids is 1. The molecule has 0 radical (unpaired) electrons. The fraction of sp³-hybridized carbons (Fsp3) is 0.208. The summed E-state index contributed by atoms with van der Waals surface area (Å²) in [5, 5.41) is 8.56. The van der Waals surface area contributed by atoms with Crippen LogP contribution in [0.15, 0.2) is 62.6 Å². The van der Waals surface area contributed by atoms with Crippen molar-refractivity contribution in [1.82, 2.24) is 14.8 Å². The molecule has 0 saturated carbocycles. The number of nitrogens with zero attached hydrogens (tertiary/aromatic N) is 3. The molecular formula is C24H22BrN3O2S. The zero-order chi connectivity index (χ0) is 22.1. The molecular weight excluding hydrogens is 474 g/mol. The summed E-state index contributed by atoms with van der Waals surface area (Å²) < 4.78 is 8.75. The number of carbonyl (C=O) groups is 1. The first-order valence-corrected chi connectivity index (χ1v) is 11.6. The first-order chi connectivity index (χ1) is 14.8. The predicted molar refractivity (Wildman–Crippen MR) is 127 cm³/mol. The Morgan fingerprint density at radius 1 is 1.03 bits per heavy atom. The van der Waals surface area contributed by atoms with Gasteiger partial charge in [-0.2, -0.15) is 0 Å². The summed E-state index contributed by atoms with van der Waals surface area (Å²) >= 11 is 4.74. The number of benzene rings is 2. The summed E-state index contributed by atoms with van der Waals surface area (Å²) in [7, 11) is 0. The largest absolute Gasteiger partial charge is 0.411 e. The van der Waals surface area contributed by atoms with E-state index in [4.69, 9.17) is 4.42 Å². The van der Waals surface area contributed by atoms with Crippen molar-refractivity contribution in [2.24, 2.45) is 0 Å². The molecule has 2 aromatic heterocycles. The summed E-state index contributed by atoms with van der Waals surface area (Å²) in [6, 6.07) is 16.0. The van der Waals surface area contributed by atoms with Gasteiger partial charge in [0.2, 0.25) is 5.89 Å². The van der Waals surface area contributed by atoms with Crippen molar-refractivity contribution < 1.29 is 9.21 Å². The Bertz CT molecular complexity index is 1280. The van der Waals surface area contributed by atoms with Gasteiger partial charge in [-0.25, -0.2) is 0 Å². The highest BCUT2D eigenvalue weighted by Gasteiger charge is 2.19. The fourth-order valence-electron chi connectivity index (χ4n) is 3.52. The molecule has 31 heavy (non-hydrogen) atoms. The number of hydrogen-bond acceptors (Lipinski definition) is 5. The Labute approximate surface area is 194 Å². The van der Waals surface area contributed by atoms with Crippen LogP contribution in [-0.4, -0.2) is 26.3 Å². The molecule has 4 rings (SSSR count). The van der Waals surface area contributed by atoms with Gasteiger partial charge in [0.15, 0.2) is 5.78 Å². The van der Waals surface area contributed by atoms with Crippen molar-refractivity contribution in [1.29, 1.82) is 0 Å². The fourth-order valence-corrected chi connectivity index (χ4v) is 4.62.